The molecule has 2 aliphatic heterocycles. The molecule has 2 heterocycles. The molecule has 2 fully saturated rings. The molecule has 2 saturated heterocycles. The largest absolute Gasteiger partial charge is 0.377 e. The highest BCUT2D eigenvalue weighted by atomic mass is 32.2. The van der Waals surface area contributed by atoms with Crippen molar-refractivity contribution in [3.8, 4) is 0 Å². The maximum atomic E-state index is 11.9. The molecule has 106 valence electrons. The minimum atomic E-state index is -3.18. The average molecular weight is 276 g/mol. The molecule has 0 aromatic rings. The van der Waals surface area contributed by atoms with Crippen molar-refractivity contribution in [1.82, 2.24) is 10.0 Å². The Hall–Kier alpha value is -0.170. The summed E-state index contributed by atoms with van der Waals surface area (Å²) in [5, 5.41) is 3.32. The molecular formula is C12H24N2O3S. The fourth-order valence-corrected chi connectivity index (χ4v) is 4.02. The monoisotopic (exact) mass is 276 g/mol. The van der Waals surface area contributed by atoms with Crippen LogP contribution in [0.2, 0.25) is 0 Å². The summed E-state index contributed by atoms with van der Waals surface area (Å²) in [6, 6.07) is 0. The van der Waals surface area contributed by atoms with Crippen LogP contribution in [0.1, 0.15) is 26.2 Å². The van der Waals surface area contributed by atoms with Crippen molar-refractivity contribution in [1.29, 1.82) is 0 Å². The molecule has 0 radical (unpaired) electrons. The number of piperidine rings is 1. The van der Waals surface area contributed by atoms with E-state index in [4.69, 9.17) is 4.74 Å². The van der Waals surface area contributed by atoms with Gasteiger partial charge in [-0.2, -0.15) is 0 Å². The second kappa shape index (κ2) is 6.32. The van der Waals surface area contributed by atoms with Crippen molar-refractivity contribution < 1.29 is 13.2 Å². The minimum absolute atomic E-state index is 0.104. The first kappa shape index (κ1) is 14.2. The van der Waals surface area contributed by atoms with Gasteiger partial charge in [0, 0.05) is 13.2 Å². The van der Waals surface area contributed by atoms with E-state index in [-0.39, 0.29) is 11.9 Å². The third-order valence-electron chi connectivity index (χ3n) is 3.96. The maximum absolute atomic E-state index is 11.9. The molecule has 0 saturated carbocycles. The van der Waals surface area contributed by atoms with Gasteiger partial charge in [-0.05, 0) is 44.2 Å². The molecule has 3 unspecified atom stereocenters. The first-order chi connectivity index (χ1) is 8.57. The van der Waals surface area contributed by atoms with E-state index in [0.29, 0.717) is 25.0 Å². The molecule has 0 bridgehead atoms. The van der Waals surface area contributed by atoms with Crippen LogP contribution < -0.4 is 10.0 Å². The molecule has 0 aromatic carbocycles. The van der Waals surface area contributed by atoms with Crippen LogP contribution in [0, 0.1) is 11.8 Å². The van der Waals surface area contributed by atoms with Gasteiger partial charge in [0.25, 0.3) is 0 Å². The van der Waals surface area contributed by atoms with Gasteiger partial charge in [0.1, 0.15) is 0 Å². The third-order valence-corrected chi connectivity index (χ3v) is 5.37. The molecule has 0 spiro atoms. The van der Waals surface area contributed by atoms with Crippen molar-refractivity contribution >= 4 is 10.0 Å². The molecule has 0 amide bonds. The lowest BCUT2D eigenvalue weighted by Crippen LogP contribution is -2.42. The number of sulfonamides is 1. The van der Waals surface area contributed by atoms with Crippen LogP contribution in [-0.2, 0) is 14.8 Å². The number of nitrogens with one attached hydrogen (secondary N) is 2. The Morgan fingerprint density at radius 1 is 1.39 bits per heavy atom. The van der Waals surface area contributed by atoms with Gasteiger partial charge in [-0.3, -0.25) is 0 Å². The van der Waals surface area contributed by atoms with E-state index in [0.717, 1.165) is 32.4 Å². The van der Waals surface area contributed by atoms with E-state index in [2.05, 4.69) is 17.0 Å². The fraction of sp³-hybridized carbons (Fsp3) is 1.00. The lowest BCUT2D eigenvalue weighted by atomic mass is 9.88. The smallest absolute Gasteiger partial charge is 0.214 e. The molecule has 0 aromatic heterocycles. The third kappa shape index (κ3) is 4.19. The van der Waals surface area contributed by atoms with Crippen LogP contribution in [0.5, 0.6) is 0 Å². The van der Waals surface area contributed by atoms with Crippen molar-refractivity contribution in [3.05, 3.63) is 0 Å². The number of hydrogen-bond acceptors (Lipinski definition) is 4. The first-order valence-corrected chi connectivity index (χ1v) is 8.52. The Balaban J connectivity index is 1.76. The van der Waals surface area contributed by atoms with E-state index in [1.807, 2.05) is 0 Å². The Bertz CT molecular complexity index is 352. The van der Waals surface area contributed by atoms with E-state index in [9.17, 15) is 8.42 Å². The van der Waals surface area contributed by atoms with Gasteiger partial charge in [-0.15, -0.1) is 0 Å². The second-order valence-electron chi connectivity index (χ2n) is 5.50. The van der Waals surface area contributed by atoms with Crippen LogP contribution in [0.15, 0.2) is 0 Å². The van der Waals surface area contributed by atoms with Gasteiger partial charge in [0.2, 0.25) is 10.0 Å². The molecule has 3 atom stereocenters. The SMILES string of the molecule is CC1CNCCC1CNS(=O)(=O)CC1CCCO1. The summed E-state index contributed by atoms with van der Waals surface area (Å²) >= 11 is 0. The zero-order valence-electron chi connectivity index (χ0n) is 11.0. The van der Waals surface area contributed by atoms with Gasteiger partial charge in [0.15, 0.2) is 0 Å². The quantitative estimate of drug-likeness (QED) is 0.759. The van der Waals surface area contributed by atoms with Crippen LogP contribution >= 0.6 is 0 Å². The molecule has 6 heteroatoms. The van der Waals surface area contributed by atoms with Crippen molar-refractivity contribution in [2.45, 2.75) is 32.3 Å². The standard InChI is InChI=1S/C12H24N2O3S/c1-10-7-13-5-4-11(10)8-14-18(15,16)9-12-3-2-6-17-12/h10-14H,2-9H2,1H3. The highest BCUT2D eigenvalue weighted by Gasteiger charge is 2.26. The van der Waals surface area contributed by atoms with Gasteiger partial charge in [-0.25, -0.2) is 13.1 Å². The highest BCUT2D eigenvalue weighted by Crippen LogP contribution is 2.18. The summed E-state index contributed by atoms with van der Waals surface area (Å²) in [5.41, 5.74) is 0. The number of ether oxygens (including phenoxy) is 1. The van der Waals surface area contributed by atoms with Crippen LogP contribution in [-0.4, -0.2) is 46.5 Å². The summed E-state index contributed by atoms with van der Waals surface area (Å²) in [6.07, 6.45) is 2.78. The Morgan fingerprint density at radius 2 is 2.22 bits per heavy atom. The molecular weight excluding hydrogens is 252 g/mol. The van der Waals surface area contributed by atoms with E-state index >= 15 is 0 Å². The predicted octanol–water partition coefficient (Wildman–Crippen LogP) is 0.330. The van der Waals surface area contributed by atoms with Crippen LogP contribution in [0.3, 0.4) is 0 Å². The molecule has 0 aliphatic carbocycles. The summed E-state index contributed by atoms with van der Waals surface area (Å²) < 4.78 is 32.0. The minimum Gasteiger partial charge on any atom is -0.377 e. The molecule has 18 heavy (non-hydrogen) atoms. The lowest BCUT2D eigenvalue weighted by Gasteiger charge is -2.29. The van der Waals surface area contributed by atoms with Gasteiger partial charge >= 0.3 is 0 Å². The molecule has 2 N–H and O–H groups in total. The first-order valence-electron chi connectivity index (χ1n) is 6.86. The van der Waals surface area contributed by atoms with Crippen LogP contribution in [0.4, 0.5) is 0 Å². The van der Waals surface area contributed by atoms with Gasteiger partial charge in [0.05, 0.1) is 11.9 Å². The van der Waals surface area contributed by atoms with E-state index in [1.165, 1.54) is 0 Å². The normalized spacial score (nSPS) is 33.7. The maximum Gasteiger partial charge on any atom is 0.214 e. The lowest BCUT2D eigenvalue weighted by molar-refractivity contribution is 0.127. The summed E-state index contributed by atoms with van der Waals surface area (Å²) in [4.78, 5) is 0. The van der Waals surface area contributed by atoms with Crippen molar-refractivity contribution in [2.24, 2.45) is 11.8 Å². The molecule has 5 nitrogen and oxygen atoms in total. The molecule has 2 aliphatic rings. The topological polar surface area (TPSA) is 67.4 Å². The summed E-state index contributed by atoms with van der Waals surface area (Å²) in [7, 11) is -3.18. The summed E-state index contributed by atoms with van der Waals surface area (Å²) in [6.45, 7) is 5.41. The number of hydrogen-bond donors (Lipinski definition) is 2. The van der Waals surface area contributed by atoms with E-state index < -0.39 is 10.0 Å². The molecule has 2 rings (SSSR count). The summed E-state index contributed by atoms with van der Waals surface area (Å²) in [5.74, 6) is 1.10. The Kier molecular flexibility index (Phi) is 5.00. The van der Waals surface area contributed by atoms with Crippen molar-refractivity contribution in [3.63, 3.8) is 0 Å². The predicted molar refractivity (Wildman–Crippen MR) is 70.9 cm³/mol. The Morgan fingerprint density at radius 3 is 2.89 bits per heavy atom. The van der Waals surface area contributed by atoms with E-state index in [1.54, 1.807) is 0 Å². The fourth-order valence-electron chi connectivity index (χ4n) is 2.69. The second-order valence-corrected chi connectivity index (χ2v) is 7.35. The number of rotatable bonds is 5. The van der Waals surface area contributed by atoms with Gasteiger partial charge < -0.3 is 10.1 Å². The van der Waals surface area contributed by atoms with Crippen LogP contribution in [0.25, 0.3) is 0 Å². The highest BCUT2D eigenvalue weighted by molar-refractivity contribution is 7.89. The zero-order chi connectivity index (χ0) is 13.0. The average Bonchev–Trinajstić information content (AvgIpc) is 2.80. The van der Waals surface area contributed by atoms with Crippen molar-refractivity contribution in [2.75, 3.05) is 32.0 Å². The Labute approximate surface area is 110 Å². The van der Waals surface area contributed by atoms with Gasteiger partial charge in [-0.1, -0.05) is 6.92 Å². The zero-order valence-corrected chi connectivity index (χ0v) is 11.8.